The van der Waals surface area contributed by atoms with Crippen LogP contribution in [0.2, 0.25) is 0 Å². The minimum atomic E-state index is -4.23. The van der Waals surface area contributed by atoms with E-state index in [-0.39, 0.29) is 32.8 Å². The second-order valence-electron chi connectivity index (χ2n) is 8.77. The molecule has 0 aromatic heterocycles. The summed E-state index contributed by atoms with van der Waals surface area (Å²) in [5.41, 5.74) is 0. The summed E-state index contributed by atoms with van der Waals surface area (Å²) in [6.07, 6.45) is 8.92. The van der Waals surface area contributed by atoms with Crippen molar-refractivity contribution in [2.45, 2.75) is 96.1 Å². The van der Waals surface area contributed by atoms with E-state index in [0.717, 1.165) is 44.9 Å². The molecule has 0 saturated carbocycles. The van der Waals surface area contributed by atoms with Crippen molar-refractivity contribution >= 4 is 13.8 Å². The molecule has 0 aromatic rings. The van der Waals surface area contributed by atoms with Gasteiger partial charge in [-0.1, -0.05) is 44.9 Å². The Morgan fingerprint density at radius 1 is 1.03 bits per heavy atom. The van der Waals surface area contributed by atoms with Crippen LogP contribution in [0.5, 0.6) is 0 Å². The summed E-state index contributed by atoms with van der Waals surface area (Å²) in [4.78, 5) is 20.3. The maximum atomic E-state index is 12.0. The molecule has 2 N–H and O–H groups in total. The lowest BCUT2D eigenvalue weighted by Crippen LogP contribution is -2.25. The van der Waals surface area contributed by atoms with Gasteiger partial charge in [0.25, 0.3) is 0 Å². The zero-order chi connectivity index (χ0) is 24.6. The van der Waals surface area contributed by atoms with Gasteiger partial charge < -0.3 is 28.9 Å². The van der Waals surface area contributed by atoms with Crippen LogP contribution < -0.4 is 0 Å². The number of carbonyl (C=O) groups is 1. The second-order valence-corrected chi connectivity index (χ2v) is 10.2. The average Bonchev–Trinajstić information content (AvgIpc) is 3.10. The van der Waals surface area contributed by atoms with Crippen LogP contribution in [0.4, 0.5) is 0 Å². The zero-order valence-electron chi connectivity index (χ0n) is 20.4. The van der Waals surface area contributed by atoms with Crippen LogP contribution >= 0.6 is 7.82 Å². The SMILES string of the molecule is CO[C@H](COCCCCCCCCCCCC(=O)O)COP(=O)(O)OC[C@H]1COC(C)(C)O1. The number of phosphoric acid groups is 1. The minimum absolute atomic E-state index is 0.101. The number of rotatable bonds is 21. The summed E-state index contributed by atoms with van der Waals surface area (Å²) in [5, 5.41) is 8.59. The van der Waals surface area contributed by atoms with Crippen LogP contribution in [0.15, 0.2) is 0 Å². The summed E-state index contributed by atoms with van der Waals surface area (Å²) < 4.78 is 43.8. The summed E-state index contributed by atoms with van der Waals surface area (Å²) in [5.74, 6) is -1.44. The van der Waals surface area contributed by atoms with Crippen LogP contribution in [-0.2, 0) is 37.4 Å². The van der Waals surface area contributed by atoms with E-state index in [1.807, 2.05) is 0 Å². The van der Waals surface area contributed by atoms with Gasteiger partial charge in [-0.2, -0.15) is 0 Å². The van der Waals surface area contributed by atoms with Crippen LogP contribution in [0.3, 0.4) is 0 Å². The highest BCUT2D eigenvalue weighted by Crippen LogP contribution is 2.44. The maximum absolute atomic E-state index is 12.0. The number of methoxy groups -OCH3 is 1. The lowest BCUT2D eigenvalue weighted by molar-refractivity contribution is -0.142. The lowest BCUT2D eigenvalue weighted by atomic mass is 10.1. The van der Waals surface area contributed by atoms with E-state index in [4.69, 9.17) is 33.1 Å². The van der Waals surface area contributed by atoms with Gasteiger partial charge in [-0.15, -0.1) is 0 Å². The third kappa shape index (κ3) is 16.6. The monoisotopic (exact) mass is 498 g/mol. The number of ether oxygens (including phenoxy) is 4. The van der Waals surface area contributed by atoms with E-state index in [9.17, 15) is 14.3 Å². The summed E-state index contributed by atoms with van der Waals surface area (Å²) in [6, 6.07) is 0. The smallest absolute Gasteiger partial charge is 0.472 e. The number of phosphoric ester groups is 1. The first-order valence-corrected chi connectivity index (χ1v) is 13.4. The molecule has 11 heteroatoms. The summed E-state index contributed by atoms with van der Waals surface area (Å²) in [6.45, 7) is 4.45. The predicted octanol–water partition coefficient (Wildman–Crippen LogP) is 4.29. The summed E-state index contributed by atoms with van der Waals surface area (Å²) in [7, 11) is -2.73. The van der Waals surface area contributed by atoms with Gasteiger partial charge in [0.2, 0.25) is 0 Å². The van der Waals surface area contributed by atoms with E-state index >= 15 is 0 Å². The molecule has 3 atom stereocenters. The van der Waals surface area contributed by atoms with Crippen molar-refractivity contribution in [2.24, 2.45) is 0 Å². The molecule has 1 rings (SSSR count). The van der Waals surface area contributed by atoms with Gasteiger partial charge in [0.1, 0.15) is 12.2 Å². The van der Waals surface area contributed by atoms with Gasteiger partial charge in [0.15, 0.2) is 5.79 Å². The number of unbranched alkanes of at least 4 members (excludes halogenated alkanes) is 8. The van der Waals surface area contributed by atoms with Crippen molar-refractivity contribution in [1.82, 2.24) is 0 Å². The normalized spacial score (nSPS) is 20.5. The number of hydrogen-bond donors (Lipinski definition) is 2. The Kier molecular flexibility index (Phi) is 15.6. The Hall–Kier alpha value is -0.580. The van der Waals surface area contributed by atoms with Crippen LogP contribution in [0.1, 0.15) is 78.1 Å². The molecule has 0 spiro atoms. The Balaban J connectivity index is 1.98. The van der Waals surface area contributed by atoms with E-state index in [1.165, 1.54) is 20.0 Å². The van der Waals surface area contributed by atoms with Gasteiger partial charge in [-0.3, -0.25) is 13.8 Å². The quantitative estimate of drug-likeness (QED) is 0.175. The van der Waals surface area contributed by atoms with Crippen molar-refractivity contribution in [2.75, 3.05) is 40.1 Å². The van der Waals surface area contributed by atoms with Crippen molar-refractivity contribution in [3.8, 4) is 0 Å². The molecular weight excluding hydrogens is 455 g/mol. The predicted molar refractivity (Wildman–Crippen MR) is 122 cm³/mol. The van der Waals surface area contributed by atoms with Gasteiger partial charge in [0, 0.05) is 20.1 Å². The minimum Gasteiger partial charge on any atom is -0.481 e. The fourth-order valence-corrected chi connectivity index (χ4v) is 4.14. The number of aliphatic carboxylic acids is 1. The fraction of sp³-hybridized carbons (Fsp3) is 0.955. The molecule has 0 bridgehead atoms. The highest BCUT2D eigenvalue weighted by atomic mass is 31.2. The summed E-state index contributed by atoms with van der Waals surface area (Å²) >= 11 is 0. The van der Waals surface area contributed by atoms with Gasteiger partial charge in [0.05, 0.1) is 26.4 Å². The van der Waals surface area contributed by atoms with Gasteiger partial charge in [-0.05, 0) is 26.7 Å². The molecule has 33 heavy (non-hydrogen) atoms. The molecule has 1 fully saturated rings. The Labute approximate surface area is 197 Å². The molecule has 10 nitrogen and oxygen atoms in total. The first-order valence-electron chi connectivity index (χ1n) is 11.9. The molecule has 1 heterocycles. The molecule has 1 aliphatic heterocycles. The van der Waals surface area contributed by atoms with Crippen molar-refractivity contribution in [3.63, 3.8) is 0 Å². The van der Waals surface area contributed by atoms with Crippen molar-refractivity contribution in [1.29, 1.82) is 0 Å². The molecule has 196 valence electrons. The standard InChI is InChI=1S/C22H43O10P/c1-22(2)29-16-20(32-22)18-31-33(25,26)30-17-19(27-3)15-28-14-12-10-8-6-4-5-7-9-11-13-21(23)24/h19-20H,4-18H2,1-3H3,(H,23,24)(H,25,26)/t19-,20-/m1/s1. The van der Waals surface area contributed by atoms with Crippen molar-refractivity contribution in [3.05, 3.63) is 0 Å². The van der Waals surface area contributed by atoms with E-state index in [1.54, 1.807) is 13.8 Å². The molecule has 0 radical (unpaired) electrons. The first kappa shape index (κ1) is 30.5. The molecule has 0 aliphatic carbocycles. The maximum Gasteiger partial charge on any atom is 0.472 e. The highest BCUT2D eigenvalue weighted by Gasteiger charge is 2.35. The molecule has 0 amide bonds. The van der Waals surface area contributed by atoms with Gasteiger partial charge >= 0.3 is 13.8 Å². The first-order chi connectivity index (χ1) is 15.6. The van der Waals surface area contributed by atoms with Crippen molar-refractivity contribution < 1.29 is 47.4 Å². The Morgan fingerprint density at radius 2 is 1.64 bits per heavy atom. The molecule has 0 aromatic carbocycles. The zero-order valence-corrected chi connectivity index (χ0v) is 21.3. The molecule has 1 saturated heterocycles. The highest BCUT2D eigenvalue weighted by molar-refractivity contribution is 7.47. The number of carboxylic acids is 1. The van der Waals surface area contributed by atoms with E-state index in [2.05, 4.69) is 0 Å². The Morgan fingerprint density at radius 3 is 2.18 bits per heavy atom. The Bertz CT molecular complexity index is 571. The number of carboxylic acid groups (broad SMARTS) is 1. The topological polar surface area (TPSA) is 130 Å². The molecule has 1 aliphatic rings. The van der Waals surface area contributed by atoms with E-state index < -0.39 is 31.8 Å². The number of hydrogen-bond acceptors (Lipinski definition) is 8. The average molecular weight is 499 g/mol. The largest absolute Gasteiger partial charge is 0.481 e. The third-order valence-corrected chi connectivity index (χ3v) is 6.18. The van der Waals surface area contributed by atoms with E-state index in [0.29, 0.717) is 6.61 Å². The molecule has 1 unspecified atom stereocenters. The fourth-order valence-electron chi connectivity index (χ4n) is 3.35. The third-order valence-electron chi connectivity index (χ3n) is 5.23. The lowest BCUT2D eigenvalue weighted by Gasteiger charge is -2.20. The van der Waals surface area contributed by atoms with Crippen LogP contribution in [0, 0.1) is 0 Å². The van der Waals surface area contributed by atoms with Crippen LogP contribution in [0.25, 0.3) is 0 Å². The van der Waals surface area contributed by atoms with Gasteiger partial charge in [-0.25, -0.2) is 4.57 Å². The molecular formula is C22H43O10P. The second kappa shape index (κ2) is 16.9. The van der Waals surface area contributed by atoms with Crippen LogP contribution in [-0.4, -0.2) is 74.1 Å².